The molecule has 1 unspecified atom stereocenters. The molecule has 0 bridgehead atoms. The molecule has 0 radical (unpaired) electrons. The van der Waals surface area contributed by atoms with E-state index in [9.17, 15) is 0 Å². The molecule has 0 aliphatic carbocycles. The van der Waals surface area contributed by atoms with E-state index in [0.717, 1.165) is 0 Å². The number of nitrogens with zero attached hydrogens (tertiary/aromatic N) is 3. The summed E-state index contributed by atoms with van der Waals surface area (Å²) >= 11 is 0. The van der Waals surface area contributed by atoms with Gasteiger partial charge in [0.05, 0.1) is 0 Å². The normalized spacial score (nSPS) is 19.3. The maximum Gasteiger partial charge on any atom is 0.0360 e. The summed E-state index contributed by atoms with van der Waals surface area (Å²) in [7, 11) is 2.19. The molecule has 0 aromatic carbocycles. The van der Waals surface area contributed by atoms with E-state index in [1.165, 1.54) is 44.6 Å². The van der Waals surface area contributed by atoms with Crippen LogP contribution in [0, 0.1) is 0 Å². The molecule has 108 valence electrons. The SMILES string of the molecule is CCN(CC)CC.CN1CCCC1c1cccnc1. The van der Waals surface area contributed by atoms with Crippen LogP contribution in [-0.4, -0.2) is 48.0 Å². The van der Waals surface area contributed by atoms with Gasteiger partial charge in [-0.25, -0.2) is 0 Å². The summed E-state index contributed by atoms with van der Waals surface area (Å²) in [4.78, 5) is 8.91. The van der Waals surface area contributed by atoms with Crippen LogP contribution in [0.2, 0.25) is 0 Å². The number of rotatable bonds is 4. The number of aromatic nitrogens is 1. The Morgan fingerprint density at radius 2 is 1.95 bits per heavy atom. The molecule has 1 aromatic rings. The molecule has 0 saturated carbocycles. The Labute approximate surface area is 118 Å². The highest BCUT2D eigenvalue weighted by atomic mass is 15.1. The second-order valence-corrected chi connectivity index (χ2v) is 5.04. The average Bonchev–Trinajstić information content (AvgIpc) is 2.89. The largest absolute Gasteiger partial charge is 0.304 e. The highest BCUT2D eigenvalue weighted by Gasteiger charge is 2.21. The molecule has 1 aromatic heterocycles. The Hall–Kier alpha value is -0.930. The molecule has 2 rings (SSSR count). The van der Waals surface area contributed by atoms with Gasteiger partial charge in [-0.1, -0.05) is 26.8 Å². The maximum absolute atomic E-state index is 4.14. The van der Waals surface area contributed by atoms with Gasteiger partial charge < -0.3 is 4.90 Å². The van der Waals surface area contributed by atoms with Crippen molar-refractivity contribution < 1.29 is 0 Å². The summed E-state index contributed by atoms with van der Waals surface area (Å²) in [6.07, 6.45) is 6.41. The fourth-order valence-electron chi connectivity index (χ4n) is 2.58. The van der Waals surface area contributed by atoms with Gasteiger partial charge in [-0.3, -0.25) is 9.88 Å². The summed E-state index contributed by atoms with van der Waals surface area (Å²) < 4.78 is 0. The van der Waals surface area contributed by atoms with E-state index >= 15 is 0 Å². The minimum Gasteiger partial charge on any atom is -0.304 e. The summed E-state index contributed by atoms with van der Waals surface area (Å²) in [5.41, 5.74) is 1.36. The Balaban J connectivity index is 0.000000224. The van der Waals surface area contributed by atoms with Crippen LogP contribution in [0.4, 0.5) is 0 Å². The number of pyridine rings is 1. The maximum atomic E-state index is 4.14. The van der Waals surface area contributed by atoms with Crippen molar-refractivity contribution in [1.82, 2.24) is 14.8 Å². The van der Waals surface area contributed by atoms with Crippen molar-refractivity contribution in [3.63, 3.8) is 0 Å². The molecule has 1 fully saturated rings. The predicted molar refractivity (Wildman–Crippen MR) is 82.3 cm³/mol. The molecule has 1 saturated heterocycles. The lowest BCUT2D eigenvalue weighted by atomic mass is 10.1. The van der Waals surface area contributed by atoms with Gasteiger partial charge in [0.25, 0.3) is 0 Å². The van der Waals surface area contributed by atoms with Crippen LogP contribution in [0.25, 0.3) is 0 Å². The first-order chi connectivity index (χ1) is 9.22. The molecule has 0 N–H and O–H groups in total. The second kappa shape index (κ2) is 9.05. The minimum absolute atomic E-state index is 0.610. The molecular formula is C16H29N3. The van der Waals surface area contributed by atoms with Gasteiger partial charge >= 0.3 is 0 Å². The monoisotopic (exact) mass is 263 g/mol. The Morgan fingerprint density at radius 1 is 1.26 bits per heavy atom. The molecule has 19 heavy (non-hydrogen) atoms. The van der Waals surface area contributed by atoms with E-state index < -0.39 is 0 Å². The third kappa shape index (κ3) is 5.29. The number of hydrogen-bond donors (Lipinski definition) is 0. The van der Waals surface area contributed by atoms with Gasteiger partial charge in [0.2, 0.25) is 0 Å². The summed E-state index contributed by atoms with van der Waals surface area (Å²) in [5, 5.41) is 0. The highest BCUT2D eigenvalue weighted by Crippen LogP contribution is 2.29. The molecule has 1 atom stereocenters. The zero-order valence-corrected chi connectivity index (χ0v) is 13.0. The van der Waals surface area contributed by atoms with Gasteiger partial charge in [-0.2, -0.15) is 0 Å². The van der Waals surface area contributed by atoms with Gasteiger partial charge in [-0.15, -0.1) is 0 Å². The van der Waals surface area contributed by atoms with Crippen LogP contribution < -0.4 is 0 Å². The standard InChI is InChI=1S/C10H14N2.C6H15N/c1-12-7-3-5-10(12)9-4-2-6-11-8-9;1-4-7(5-2)6-3/h2,4,6,8,10H,3,5,7H2,1H3;4-6H2,1-3H3. The zero-order valence-electron chi connectivity index (χ0n) is 13.0. The van der Waals surface area contributed by atoms with E-state index in [0.29, 0.717) is 6.04 Å². The van der Waals surface area contributed by atoms with Gasteiger partial charge in [-0.05, 0) is 57.7 Å². The van der Waals surface area contributed by atoms with E-state index in [-0.39, 0.29) is 0 Å². The topological polar surface area (TPSA) is 19.4 Å². The number of likely N-dealkylation sites (tertiary alicyclic amines) is 1. The first-order valence-corrected chi connectivity index (χ1v) is 7.55. The van der Waals surface area contributed by atoms with Crippen molar-refractivity contribution >= 4 is 0 Å². The van der Waals surface area contributed by atoms with Crippen LogP contribution in [0.1, 0.15) is 45.2 Å². The quantitative estimate of drug-likeness (QED) is 0.831. The third-order valence-electron chi connectivity index (χ3n) is 3.93. The molecule has 3 nitrogen and oxygen atoms in total. The van der Waals surface area contributed by atoms with Crippen LogP contribution in [0.3, 0.4) is 0 Å². The summed E-state index contributed by atoms with van der Waals surface area (Å²) in [6.45, 7) is 11.3. The van der Waals surface area contributed by atoms with E-state index in [4.69, 9.17) is 0 Å². The lowest BCUT2D eigenvalue weighted by molar-refractivity contribution is 0.317. The van der Waals surface area contributed by atoms with Crippen molar-refractivity contribution in [2.45, 2.75) is 39.7 Å². The van der Waals surface area contributed by atoms with Crippen LogP contribution >= 0.6 is 0 Å². The predicted octanol–water partition coefficient (Wildman–Crippen LogP) is 3.20. The van der Waals surface area contributed by atoms with E-state index in [1.54, 1.807) is 0 Å². The smallest absolute Gasteiger partial charge is 0.0360 e. The zero-order chi connectivity index (χ0) is 14.1. The molecule has 0 amide bonds. The van der Waals surface area contributed by atoms with E-state index in [2.05, 4.69) is 48.7 Å². The third-order valence-corrected chi connectivity index (χ3v) is 3.93. The highest BCUT2D eigenvalue weighted by molar-refractivity contribution is 5.14. The van der Waals surface area contributed by atoms with Crippen LogP contribution in [-0.2, 0) is 0 Å². The Bertz CT molecular complexity index is 317. The van der Waals surface area contributed by atoms with Crippen LogP contribution in [0.5, 0.6) is 0 Å². The van der Waals surface area contributed by atoms with Crippen molar-refractivity contribution in [1.29, 1.82) is 0 Å². The van der Waals surface area contributed by atoms with Gasteiger partial charge in [0.15, 0.2) is 0 Å². The van der Waals surface area contributed by atoms with Gasteiger partial charge in [0.1, 0.15) is 0 Å². The lowest BCUT2D eigenvalue weighted by Gasteiger charge is -2.18. The van der Waals surface area contributed by atoms with Crippen LogP contribution in [0.15, 0.2) is 24.5 Å². The number of hydrogen-bond acceptors (Lipinski definition) is 3. The van der Waals surface area contributed by atoms with Crippen molar-refractivity contribution in [3.05, 3.63) is 30.1 Å². The average molecular weight is 263 g/mol. The Kier molecular flexibility index (Phi) is 7.68. The Morgan fingerprint density at radius 3 is 2.32 bits per heavy atom. The van der Waals surface area contributed by atoms with Gasteiger partial charge in [0, 0.05) is 18.4 Å². The first kappa shape index (κ1) is 16.1. The fourth-order valence-corrected chi connectivity index (χ4v) is 2.58. The van der Waals surface area contributed by atoms with E-state index in [1.807, 2.05) is 18.5 Å². The first-order valence-electron chi connectivity index (χ1n) is 7.55. The summed E-state index contributed by atoms with van der Waals surface area (Å²) in [6, 6.07) is 4.79. The lowest BCUT2D eigenvalue weighted by Crippen LogP contribution is -2.21. The fraction of sp³-hybridized carbons (Fsp3) is 0.688. The van der Waals surface area contributed by atoms with Crippen molar-refractivity contribution in [2.75, 3.05) is 33.2 Å². The molecule has 1 aliphatic heterocycles. The molecular weight excluding hydrogens is 234 g/mol. The molecule has 0 spiro atoms. The minimum atomic E-state index is 0.610. The van der Waals surface area contributed by atoms with Crippen molar-refractivity contribution in [2.24, 2.45) is 0 Å². The van der Waals surface area contributed by atoms with Crippen molar-refractivity contribution in [3.8, 4) is 0 Å². The molecule has 2 heterocycles. The summed E-state index contributed by atoms with van der Waals surface area (Å²) in [5.74, 6) is 0. The molecule has 3 heteroatoms. The second-order valence-electron chi connectivity index (χ2n) is 5.04. The molecule has 1 aliphatic rings.